The van der Waals surface area contributed by atoms with Gasteiger partial charge in [-0.2, -0.15) is 0 Å². The van der Waals surface area contributed by atoms with E-state index < -0.39 is 60.7 Å². The predicted molar refractivity (Wildman–Crippen MR) is 129 cm³/mol. The van der Waals surface area contributed by atoms with Gasteiger partial charge < -0.3 is 64.2 Å². The average molecular weight is 553 g/mol. The number of benzene rings is 2. The molecule has 9 atom stereocenters. The van der Waals surface area contributed by atoms with Crippen LogP contribution in [0.3, 0.4) is 0 Å². The summed E-state index contributed by atoms with van der Waals surface area (Å²) in [5.74, 6) is 0.360. The van der Waals surface area contributed by atoms with E-state index in [1.807, 2.05) is 0 Å². The second kappa shape index (κ2) is 10.4. The van der Waals surface area contributed by atoms with Gasteiger partial charge in [0, 0.05) is 0 Å². The molecule has 13 heteroatoms. The second-order valence-electron chi connectivity index (χ2n) is 9.89. The third-order valence-electron chi connectivity index (χ3n) is 7.65. The molecule has 2 aromatic rings. The Morgan fingerprint density at radius 1 is 0.795 bits per heavy atom. The van der Waals surface area contributed by atoms with E-state index in [4.69, 9.17) is 28.4 Å². The number of hydrogen-bond donors (Lipinski definition) is 7. The van der Waals surface area contributed by atoms with Crippen molar-refractivity contribution in [1.29, 1.82) is 0 Å². The van der Waals surface area contributed by atoms with Crippen LogP contribution in [-0.2, 0) is 14.2 Å². The fourth-order valence-corrected chi connectivity index (χ4v) is 5.39. The highest BCUT2D eigenvalue weighted by atomic mass is 16.7. The molecule has 0 aromatic heterocycles. The minimum Gasteiger partial charge on any atom is -0.504 e. The number of aliphatic hydroxyl groups excluding tert-OH is 4. The molecular weight excluding hydrogens is 520 g/mol. The van der Waals surface area contributed by atoms with Gasteiger partial charge in [0.05, 0.1) is 34.0 Å². The minimum absolute atomic E-state index is 0.0832. The average Bonchev–Trinajstić information content (AvgIpc) is 3.35. The first kappa shape index (κ1) is 27.8. The van der Waals surface area contributed by atoms with Gasteiger partial charge in [0.2, 0.25) is 6.29 Å². The van der Waals surface area contributed by atoms with Gasteiger partial charge in [0.25, 0.3) is 0 Å². The number of aromatic hydroxyl groups is 1. The van der Waals surface area contributed by atoms with Crippen LogP contribution in [0.2, 0.25) is 0 Å². The number of aliphatic hydroxyl groups is 6. The van der Waals surface area contributed by atoms with Crippen LogP contribution in [0.15, 0.2) is 36.4 Å². The number of methoxy groups -OCH3 is 2. The monoisotopic (exact) mass is 552 g/mol. The summed E-state index contributed by atoms with van der Waals surface area (Å²) >= 11 is 0. The maximum Gasteiger partial charge on any atom is 0.229 e. The molecule has 0 radical (unpaired) electrons. The third kappa shape index (κ3) is 4.40. The molecule has 2 aromatic carbocycles. The fourth-order valence-electron chi connectivity index (χ4n) is 5.39. The Hall–Kier alpha value is -2.72. The zero-order valence-corrected chi connectivity index (χ0v) is 21.2. The van der Waals surface area contributed by atoms with E-state index >= 15 is 0 Å². The Kier molecular flexibility index (Phi) is 7.39. The lowest BCUT2D eigenvalue weighted by Gasteiger charge is -2.39. The third-order valence-corrected chi connectivity index (χ3v) is 7.65. The molecule has 3 fully saturated rings. The smallest absolute Gasteiger partial charge is 0.229 e. The van der Waals surface area contributed by atoms with Crippen molar-refractivity contribution in [2.24, 2.45) is 0 Å². The van der Waals surface area contributed by atoms with Crippen LogP contribution in [0.4, 0.5) is 0 Å². The lowest BCUT2D eigenvalue weighted by Crippen LogP contribution is -2.60. The Bertz CT molecular complexity index is 1190. The molecule has 39 heavy (non-hydrogen) atoms. The number of fused-ring (bicyclic) bond motifs is 1. The van der Waals surface area contributed by atoms with Crippen molar-refractivity contribution in [2.75, 3.05) is 34.0 Å². The standard InChI is InChI=1S/C26H32O13/c1-34-16-7-12(3-5-14(16)28)22-25(32)10-37-23(26(25,33)11-36-22)13-4-6-15(17(8-13)35-2)38-24-21(31)20(30)19(29)18(9-27)39-24/h3-8,18-24,27-33H,9-11H2,1-2H3/t18-,19-,20+,21-,22+,23-,24-,25+,26+/m1/s1. The summed E-state index contributed by atoms with van der Waals surface area (Å²) in [5.41, 5.74) is -2.78. The van der Waals surface area contributed by atoms with Gasteiger partial charge in [0.15, 0.2) is 34.2 Å². The van der Waals surface area contributed by atoms with Gasteiger partial charge in [-0.3, -0.25) is 0 Å². The van der Waals surface area contributed by atoms with E-state index in [0.717, 1.165) is 0 Å². The lowest BCUT2D eigenvalue weighted by molar-refractivity contribution is -0.277. The summed E-state index contributed by atoms with van der Waals surface area (Å²) in [4.78, 5) is 0. The SMILES string of the molecule is COc1cc([C@@H]2OC[C@]3(O)[C@@H](c4ccc(O[C@@H]5O[C@H](CO)[C@@H](O)[C@H](O)[C@H]5O)c(OC)c4)OC[C@]23O)ccc1O. The van der Waals surface area contributed by atoms with Crippen LogP contribution in [0.1, 0.15) is 23.3 Å². The Labute approximate surface area is 223 Å². The van der Waals surface area contributed by atoms with Gasteiger partial charge in [-0.05, 0) is 35.4 Å². The maximum absolute atomic E-state index is 11.7. The van der Waals surface area contributed by atoms with Crippen molar-refractivity contribution in [3.8, 4) is 23.0 Å². The van der Waals surface area contributed by atoms with Crippen molar-refractivity contribution >= 4 is 0 Å². The number of ether oxygens (including phenoxy) is 6. The molecule has 0 unspecified atom stereocenters. The lowest BCUT2D eigenvalue weighted by atomic mass is 9.77. The quantitative estimate of drug-likeness (QED) is 0.219. The van der Waals surface area contributed by atoms with Crippen LogP contribution in [0.25, 0.3) is 0 Å². The summed E-state index contributed by atoms with van der Waals surface area (Å²) in [6.07, 6.45) is -9.35. The van der Waals surface area contributed by atoms with Crippen LogP contribution >= 0.6 is 0 Å². The van der Waals surface area contributed by atoms with Crippen molar-refractivity contribution in [3.05, 3.63) is 47.5 Å². The zero-order valence-electron chi connectivity index (χ0n) is 21.2. The fraction of sp³-hybridized carbons (Fsp3) is 0.538. The molecule has 0 amide bonds. The first-order chi connectivity index (χ1) is 18.6. The van der Waals surface area contributed by atoms with Gasteiger partial charge in [-0.1, -0.05) is 12.1 Å². The van der Waals surface area contributed by atoms with E-state index in [9.17, 15) is 35.7 Å². The highest BCUT2D eigenvalue weighted by molar-refractivity contribution is 5.47. The Balaban J connectivity index is 1.39. The van der Waals surface area contributed by atoms with Crippen LogP contribution in [0.5, 0.6) is 23.0 Å². The molecule has 0 spiro atoms. The zero-order chi connectivity index (χ0) is 28.1. The normalized spacial score (nSPS) is 37.9. The van der Waals surface area contributed by atoms with E-state index in [2.05, 4.69) is 0 Å². The molecule has 3 aliphatic rings. The van der Waals surface area contributed by atoms with Crippen molar-refractivity contribution < 1.29 is 64.2 Å². The summed E-state index contributed by atoms with van der Waals surface area (Å²) < 4.78 is 33.4. The first-order valence-corrected chi connectivity index (χ1v) is 12.3. The van der Waals surface area contributed by atoms with Crippen LogP contribution in [0, 0.1) is 0 Å². The number of hydrogen-bond acceptors (Lipinski definition) is 13. The molecule has 0 saturated carbocycles. The van der Waals surface area contributed by atoms with Gasteiger partial charge in [-0.15, -0.1) is 0 Å². The number of phenolic OH excluding ortho intramolecular Hbond substituents is 1. The van der Waals surface area contributed by atoms with Crippen LogP contribution in [-0.4, -0.2) is 112 Å². The van der Waals surface area contributed by atoms with E-state index in [1.165, 1.54) is 38.5 Å². The highest BCUT2D eigenvalue weighted by Gasteiger charge is 2.69. The van der Waals surface area contributed by atoms with E-state index in [0.29, 0.717) is 11.1 Å². The number of phenols is 1. The second-order valence-corrected chi connectivity index (χ2v) is 9.89. The largest absolute Gasteiger partial charge is 0.504 e. The topological polar surface area (TPSA) is 197 Å². The van der Waals surface area contributed by atoms with Crippen molar-refractivity contribution in [3.63, 3.8) is 0 Å². The van der Waals surface area contributed by atoms with Gasteiger partial charge in [0.1, 0.15) is 36.6 Å². The van der Waals surface area contributed by atoms with Crippen molar-refractivity contribution in [2.45, 2.75) is 54.1 Å². The summed E-state index contributed by atoms with van der Waals surface area (Å²) in [5, 5.41) is 73.0. The molecule has 3 aliphatic heterocycles. The Morgan fingerprint density at radius 3 is 1.92 bits per heavy atom. The summed E-state index contributed by atoms with van der Waals surface area (Å²) in [6.45, 7) is -1.12. The number of rotatable bonds is 7. The first-order valence-electron chi connectivity index (χ1n) is 12.3. The molecule has 3 heterocycles. The molecular formula is C26H32O13. The molecule has 0 bridgehead atoms. The summed E-state index contributed by atoms with van der Waals surface area (Å²) in [7, 11) is 2.76. The minimum atomic E-state index is -1.85. The highest BCUT2D eigenvalue weighted by Crippen LogP contribution is 2.56. The molecule has 7 N–H and O–H groups in total. The molecule has 0 aliphatic carbocycles. The molecule has 214 valence electrons. The Morgan fingerprint density at radius 2 is 1.36 bits per heavy atom. The molecule has 13 nitrogen and oxygen atoms in total. The van der Waals surface area contributed by atoms with Crippen molar-refractivity contribution in [1.82, 2.24) is 0 Å². The van der Waals surface area contributed by atoms with Crippen LogP contribution < -0.4 is 14.2 Å². The molecule has 3 saturated heterocycles. The van der Waals surface area contributed by atoms with Gasteiger partial charge >= 0.3 is 0 Å². The van der Waals surface area contributed by atoms with E-state index in [-0.39, 0.29) is 36.2 Å². The van der Waals surface area contributed by atoms with E-state index in [1.54, 1.807) is 12.1 Å². The van der Waals surface area contributed by atoms with Gasteiger partial charge in [-0.25, -0.2) is 0 Å². The predicted octanol–water partition coefficient (Wildman–Crippen LogP) is -1.11. The maximum atomic E-state index is 11.7. The summed E-state index contributed by atoms with van der Waals surface area (Å²) in [6, 6.07) is 9.04. The molecule has 5 rings (SSSR count).